The topological polar surface area (TPSA) is 35.5 Å². The second kappa shape index (κ2) is 9.27. The lowest BCUT2D eigenvalue weighted by molar-refractivity contribution is 0.0734. The van der Waals surface area contributed by atoms with Gasteiger partial charge in [0.1, 0.15) is 11.5 Å². The lowest BCUT2D eigenvalue weighted by atomic mass is 10.2. The van der Waals surface area contributed by atoms with Crippen molar-refractivity contribution in [1.82, 2.24) is 0 Å². The van der Waals surface area contributed by atoms with Gasteiger partial charge in [0.2, 0.25) is 0 Å². The highest BCUT2D eigenvalue weighted by Crippen LogP contribution is 2.30. The summed E-state index contributed by atoms with van der Waals surface area (Å²) in [6, 6.07) is 19.8. The molecule has 3 rings (SSSR count). The van der Waals surface area contributed by atoms with Gasteiger partial charge in [-0.05, 0) is 57.9 Å². The van der Waals surface area contributed by atoms with Gasteiger partial charge < -0.3 is 9.47 Å². The molecule has 0 fully saturated rings. The third-order valence-electron chi connectivity index (χ3n) is 3.76. The van der Waals surface area contributed by atoms with E-state index in [4.69, 9.17) is 32.7 Å². The molecule has 0 aliphatic heterocycles. The van der Waals surface area contributed by atoms with E-state index >= 15 is 0 Å². The van der Waals surface area contributed by atoms with E-state index in [1.54, 1.807) is 30.3 Å². The molecule has 3 aromatic carbocycles. The molecule has 0 N–H and O–H groups in total. The van der Waals surface area contributed by atoms with E-state index in [1.807, 2.05) is 18.2 Å². The molecular weight excluding hydrogens is 451 g/mol. The van der Waals surface area contributed by atoms with E-state index in [0.29, 0.717) is 27.4 Å². The molecule has 0 radical (unpaired) electrons. The van der Waals surface area contributed by atoms with E-state index in [9.17, 15) is 4.79 Å². The number of hydrogen-bond acceptors (Lipinski definition) is 3. The first kappa shape index (κ1) is 19.7. The maximum absolute atomic E-state index is 12.3. The Hall–Kier alpha value is -2.01. The second-order valence-corrected chi connectivity index (χ2v) is 7.39. The Kier molecular flexibility index (Phi) is 6.78. The van der Waals surface area contributed by atoms with Gasteiger partial charge in [0.05, 0.1) is 21.7 Å². The predicted molar refractivity (Wildman–Crippen MR) is 111 cm³/mol. The molecule has 0 aliphatic carbocycles. The monoisotopic (exact) mass is 464 g/mol. The van der Waals surface area contributed by atoms with Crippen LogP contribution in [0.3, 0.4) is 0 Å². The van der Waals surface area contributed by atoms with Crippen LogP contribution in [0, 0.1) is 0 Å². The number of ether oxygens (including phenoxy) is 2. The van der Waals surface area contributed by atoms with Crippen molar-refractivity contribution in [1.29, 1.82) is 0 Å². The van der Waals surface area contributed by atoms with Crippen molar-refractivity contribution in [3.63, 3.8) is 0 Å². The fraction of sp³-hybridized carbons (Fsp3) is 0.0952. The average molecular weight is 466 g/mol. The number of benzene rings is 3. The molecule has 138 valence electrons. The van der Waals surface area contributed by atoms with Crippen LogP contribution in [0.1, 0.15) is 15.9 Å². The van der Waals surface area contributed by atoms with Crippen LogP contribution in [-0.4, -0.2) is 12.6 Å². The molecule has 0 unspecified atom stereocenters. The molecule has 6 heteroatoms. The summed E-state index contributed by atoms with van der Waals surface area (Å²) in [5.74, 6) is 0.396. The fourth-order valence-corrected chi connectivity index (χ4v) is 3.33. The van der Waals surface area contributed by atoms with Gasteiger partial charge >= 0.3 is 5.97 Å². The highest BCUT2D eigenvalue weighted by molar-refractivity contribution is 9.10. The number of rotatable bonds is 6. The average Bonchev–Trinajstić information content (AvgIpc) is 2.66. The smallest absolute Gasteiger partial charge is 0.343 e. The molecule has 0 bridgehead atoms. The molecule has 0 atom stereocenters. The van der Waals surface area contributed by atoms with Crippen molar-refractivity contribution in [3.8, 4) is 11.5 Å². The number of carbonyl (C=O) groups is 1. The minimum absolute atomic E-state index is 0.255. The van der Waals surface area contributed by atoms with Crippen molar-refractivity contribution in [3.05, 3.63) is 92.4 Å². The molecule has 3 aromatic rings. The Morgan fingerprint density at radius 1 is 0.926 bits per heavy atom. The van der Waals surface area contributed by atoms with Crippen molar-refractivity contribution in [2.24, 2.45) is 0 Å². The number of halogens is 3. The SMILES string of the molecule is O=C(Oc1ccc(Cl)cc1Cl)c1ccc(OCCc2ccccc2)c(Br)c1. The highest BCUT2D eigenvalue weighted by atomic mass is 79.9. The second-order valence-electron chi connectivity index (χ2n) is 5.69. The van der Waals surface area contributed by atoms with E-state index in [1.165, 1.54) is 11.6 Å². The summed E-state index contributed by atoms with van der Waals surface area (Å²) in [4.78, 5) is 12.3. The van der Waals surface area contributed by atoms with Crippen LogP contribution in [0.5, 0.6) is 11.5 Å². The maximum Gasteiger partial charge on any atom is 0.343 e. The molecule has 27 heavy (non-hydrogen) atoms. The van der Waals surface area contributed by atoms with Crippen molar-refractivity contribution < 1.29 is 14.3 Å². The molecule has 0 aromatic heterocycles. The minimum Gasteiger partial charge on any atom is -0.492 e. The third-order valence-corrected chi connectivity index (χ3v) is 4.91. The first-order chi connectivity index (χ1) is 13.0. The van der Waals surface area contributed by atoms with Gasteiger partial charge in [0, 0.05) is 11.4 Å². The van der Waals surface area contributed by atoms with Crippen LogP contribution < -0.4 is 9.47 Å². The van der Waals surface area contributed by atoms with Crippen molar-refractivity contribution in [2.45, 2.75) is 6.42 Å². The molecule has 0 spiro atoms. The summed E-state index contributed by atoms with van der Waals surface area (Å²) >= 11 is 15.3. The van der Waals surface area contributed by atoms with Gasteiger partial charge in [-0.1, -0.05) is 53.5 Å². The van der Waals surface area contributed by atoms with Crippen LogP contribution in [0.25, 0.3) is 0 Å². The zero-order valence-corrected chi connectivity index (χ0v) is 17.2. The number of carbonyl (C=O) groups excluding carboxylic acids is 1. The van der Waals surface area contributed by atoms with E-state index < -0.39 is 5.97 Å². The minimum atomic E-state index is -0.518. The van der Waals surface area contributed by atoms with Crippen LogP contribution in [-0.2, 0) is 6.42 Å². The van der Waals surface area contributed by atoms with Gasteiger partial charge in [-0.3, -0.25) is 0 Å². The summed E-state index contributed by atoms with van der Waals surface area (Å²) in [7, 11) is 0. The summed E-state index contributed by atoms with van der Waals surface area (Å²) in [5, 5.41) is 0.746. The normalized spacial score (nSPS) is 10.5. The van der Waals surface area contributed by atoms with Crippen LogP contribution >= 0.6 is 39.1 Å². The summed E-state index contributed by atoms with van der Waals surface area (Å²) in [5.41, 5.74) is 1.58. The zero-order chi connectivity index (χ0) is 19.2. The van der Waals surface area contributed by atoms with Gasteiger partial charge in [0.15, 0.2) is 0 Å². The molecule has 3 nitrogen and oxygen atoms in total. The Bertz CT molecular complexity index is 945. The van der Waals surface area contributed by atoms with Gasteiger partial charge in [0.25, 0.3) is 0 Å². The fourth-order valence-electron chi connectivity index (χ4n) is 2.39. The Morgan fingerprint density at radius 2 is 1.67 bits per heavy atom. The summed E-state index contributed by atoms with van der Waals surface area (Å²) in [6.07, 6.45) is 0.798. The van der Waals surface area contributed by atoms with E-state index in [2.05, 4.69) is 28.1 Å². The first-order valence-corrected chi connectivity index (χ1v) is 9.71. The first-order valence-electron chi connectivity index (χ1n) is 8.16. The third kappa shape index (κ3) is 5.48. The van der Waals surface area contributed by atoms with Crippen molar-refractivity contribution in [2.75, 3.05) is 6.61 Å². The Labute approximate surface area is 176 Å². The Balaban J connectivity index is 1.62. The molecule has 0 amide bonds. The number of esters is 1. The zero-order valence-electron chi connectivity index (χ0n) is 14.1. The molecular formula is C21H15BrCl2O3. The quantitative estimate of drug-likeness (QED) is 0.304. The van der Waals surface area contributed by atoms with Crippen LogP contribution in [0.2, 0.25) is 10.0 Å². The standard InChI is InChI=1S/C21H15BrCl2O3/c22-17-12-15(21(25)27-20-9-7-16(23)13-18(20)24)6-8-19(17)26-11-10-14-4-2-1-3-5-14/h1-9,12-13H,10-11H2. The van der Waals surface area contributed by atoms with Gasteiger partial charge in [-0.25, -0.2) is 4.79 Å². The van der Waals surface area contributed by atoms with Crippen LogP contribution in [0.4, 0.5) is 0 Å². The van der Waals surface area contributed by atoms with Gasteiger partial charge in [-0.15, -0.1) is 0 Å². The van der Waals surface area contributed by atoms with Gasteiger partial charge in [-0.2, -0.15) is 0 Å². The lowest BCUT2D eigenvalue weighted by Crippen LogP contribution is -2.09. The maximum atomic E-state index is 12.3. The summed E-state index contributed by atoms with van der Waals surface area (Å²) in [6.45, 7) is 0.535. The Morgan fingerprint density at radius 3 is 2.37 bits per heavy atom. The predicted octanol–water partition coefficient (Wildman–Crippen LogP) is 6.60. The summed E-state index contributed by atoms with van der Waals surface area (Å²) < 4.78 is 11.8. The number of hydrogen-bond donors (Lipinski definition) is 0. The molecule has 0 saturated heterocycles. The largest absolute Gasteiger partial charge is 0.492 e. The molecule has 0 aliphatic rings. The van der Waals surface area contributed by atoms with Crippen LogP contribution in [0.15, 0.2) is 71.2 Å². The van der Waals surface area contributed by atoms with E-state index in [0.717, 1.165) is 6.42 Å². The lowest BCUT2D eigenvalue weighted by Gasteiger charge is -2.10. The highest BCUT2D eigenvalue weighted by Gasteiger charge is 2.13. The van der Waals surface area contributed by atoms with E-state index in [-0.39, 0.29) is 10.8 Å². The van der Waals surface area contributed by atoms with Crippen molar-refractivity contribution >= 4 is 45.1 Å². The molecule has 0 heterocycles. The molecule has 0 saturated carbocycles.